The molecule has 4 rings (SSSR count). The first-order valence-corrected chi connectivity index (χ1v) is 9.94. The zero-order valence-electron chi connectivity index (χ0n) is 14.5. The summed E-state index contributed by atoms with van der Waals surface area (Å²) in [4.78, 5) is 0. The lowest BCUT2D eigenvalue weighted by molar-refractivity contribution is -0.0788. The highest BCUT2D eigenvalue weighted by Crippen LogP contribution is 2.64. The van der Waals surface area contributed by atoms with E-state index in [1.54, 1.807) is 0 Å². The number of rotatable bonds is 1. The largest absolute Gasteiger partial charge is 0.393 e. The molecule has 0 amide bonds. The molecule has 0 bridgehead atoms. The molecule has 22 heavy (non-hydrogen) atoms. The first-order valence-electron chi connectivity index (χ1n) is 9.94. The molecule has 4 saturated carbocycles. The zero-order chi connectivity index (χ0) is 15.5. The molecule has 9 atom stereocenters. The van der Waals surface area contributed by atoms with Crippen LogP contribution in [-0.2, 0) is 0 Å². The van der Waals surface area contributed by atoms with Crippen molar-refractivity contribution < 1.29 is 5.11 Å². The quantitative estimate of drug-likeness (QED) is 0.770. The lowest BCUT2D eigenvalue weighted by Gasteiger charge is -2.56. The van der Waals surface area contributed by atoms with Crippen molar-refractivity contribution in [3.8, 4) is 0 Å². The summed E-state index contributed by atoms with van der Waals surface area (Å²) in [6, 6.07) is 0.484. The predicted molar refractivity (Wildman–Crippen MR) is 90.3 cm³/mol. The van der Waals surface area contributed by atoms with E-state index in [2.05, 4.69) is 6.92 Å². The molecule has 4 aliphatic rings. The molecule has 0 spiro atoms. The molecular formula is C20H35NO. The minimum atomic E-state index is -0.115. The molecule has 0 aromatic rings. The van der Waals surface area contributed by atoms with Gasteiger partial charge in [-0.05, 0) is 106 Å². The number of nitrogens with two attached hydrogens (primary N) is 1. The van der Waals surface area contributed by atoms with Crippen LogP contribution in [0.1, 0.15) is 71.6 Å². The third-order valence-electron chi connectivity index (χ3n) is 8.65. The van der Waals surface area contributed by atoms with Crippen molar-refractivity contribution in [3.63, 3.8) is 0 Å². The molecule has 0 heterocycles. The standard InChI is InChI=1S/C20H35NO/c1-12(22)18-7-8-19-17-5-3-13-11-14(21)4-6-15(13)16(17)9-10-20(18,19)2/h12-19,22H,3-11,21H2,1-2H3/t12-,13-,14-,15-,16+,17+,18+,19-,20+/m0/s1. The summed E-state index contributed by atoms with van der Waals surface area (Å²) in [5, 5.41) is 10.3. The van der Waals surface area contributed by atoms with Crippen LogP contribution in [0.25, 0.3) is 0 Å². The van der Waals surface area contributed by atoms with Crippen molar-refractivity contribution in [3.05, 3.63) is 0 Å². The van der Waals surface area contributed by atoms with Gasteiger partial charge in [0.25, 0.3) is 0 Å². The lowest BCUT2D eigenvalue weighted by Crippen LogP contribution is -2.50. The van der Waals surface area contributed by atoms with Gasteiger partial charge in [-0.3, -0.25) is 0 Å². The molecule has 4 aliphatic carbocycles. The Hall–Kier alpha value is -0.0800. The zero-order valence-corrected chi connectivity index (χ0v) is 14.5. The van der Waals surface area contributed by atoms with E-state index in [0.717, 1.165) is 29.6 Å². The van der Waals surface area contributed by atoms with Crippen LogP contribution in [0.3, 0.4) is 0 Å². The van der Waals surface area contributed by atoms with Gasteiger partial charge in [0.1, 0.15) is 0 Å². The molecule has 126 valence electrons. The van der Waals surface area contributed by atoms with Crippen molar-refractivity contribution in [2.45, 2.75) is 83.8 Å². The van der Waals surface area contributed by atoms with E-state index in [-0.39, 0.29) is 6.10 Å². The first-order chi connectivity index (χ1) is 10.5. The maximum atomic E-state index is 10.3. The second-order valence-electron chi connectivity index (χ2n) is 9.48. The summed E-state index contributed by atoms with van der Waals surface area (Å²) in [5.41, 5.74) is 6.66. The van der Waals surface area contributed by atoms with Crippen LogP contribution in [0, 0.1) is 40.9 Å². The fourth-order valence-corrected chi connectivity index (χ4v) is 7.72. The molecule has 0 radical (unpaired) electrons. The molecule has 0 aromatic heterocycles. The first kappa shape index (κ1) is 15.4. The van der Waals surface area contributed by atoms with E-state index in [4.69, 9.17) is 5.73 Å². The third-order valence-corrected chi connectivity index (χ3v) is 8.65. The smallest absolute Gasteiger partial charge is 0.0545 e. The molecular weight excluding hydrogens is 270 g/mol. The van der Waals surface area contributed by atoms with Gasteiger partial charge in [-0.2, -0.15) is 0 Å². The van der Waals surface area contributed by atoms with Crippen molar-refractivity contribution >= 4 is 0 Å². The van der Waals surface area contributed by atoms with E-state index < -0.39 is 0 Å². The number of hydrogen-bond acceptors (Lipinski definition) is 2. The molecule has 2 nitrogen and oxygen atoms in total. The Morgan fingerprint density at radius 2 is 1.73 bits per heavy atom. The lowest BCUT2D eigenvalue weighted by atomic mass is 9.49. The highest BCUT2D eigenvalue weighted by atomic mass is 16.3. The normalized spacial score (nSPS) is 55.9. The second-order valence-corrected chi connectivity index (χ2v) is 9.48. The average Bonchev–Trinajstić information content (AvgIpc) is 2.84. The fraction of sp³-hybridized carbons (Fsp3) is 1.00. The topological polar surface area (TPSA) is 46.2 Å². The summed E-state index contributed by atoms with van der Waals surface area (Å²) in [7, 11) is 0. The van der Waals surface area contributed by atoms with Gasteiger partial charge in [-0.15, -0.1) is 0 Å². The van der Waals surface area contributed by atoms with E-state index in [0.29, 0.717) is 17.4 Å². The van der Waals surface area contributed by atoms with Crippen LogP contribution >= 0.6 is 0 Å². The van der Waals surface area contributed by atoms with Crippen molar-refractivity contribution in [2.24, 2.45) is 46.7 Å². The molecule has 4 fully saturated rings. The van der Waals surface area contributed by atoms with E-state index in [1.807, 2.05) is 6.92 Å². The Morgan fingerprint density at radius 3 is 2.50 bits per heavy atom. The predicted octanol–water partition coefficient (Wildman–Crippen LogP) is 3.96. The Kier molecular flexibility index (Phi) is 3.85. The van der Waals surface area contributed by atoms with E-state index in [9.17, 15) is 5.11 Å². The average molecular weight is 306 g/mol. The molecule has 0 saturated heterocycles. The van der Waals surface area contributed by atoms with Crippen molar-refractivity contribution in [1.82, 2.24) is 0 Å². The summed E-state index contributed by atoms with van der Waals surface area (Å²) >= 11 is 0. The molecule has 2 heteroatoms. The summed E-state index contributed by atoms with van der Waals surface area (Å²) in [5.74, 6) is 5.30. The van der Waals surface area contributed by atoms with E-state index in [1.165, 1.54) is 57.8 Å². The third kappa shape index (κ3) is 2.20. The van der Waals surface area contributed by atoms with Gasteiger partial charge in [0.2, 0.25) is 0 Å². The number of fused-ring (bicyclic) bond motifs is 5. The van der Waals surface area contributed by atoms with Gasteiger partial charge in [0.05, 0.1) is 6.10 Å². The van der Waals surface area contributed by atoms with Crippen LogP contribution in [0.2, 0.25) is 0 Å². The fourth-order valence-electron chi connectivity index (χ4n) is 7.72. The van der Waals surface area contributed by atoms with Crippen LogP contribution < -0.4 is 5.73 Å². The maximum Gasteiger partial charge on any atom is 0.0545 e. The Labute approximate surface area is 136 Å². The number of aliphatic hydroxyl groups excluding tert-OH is 1. The van der Waals surface area contributed by atoms with Gasteiger partial charge >= 0.3 is 0 Å². The summed E-state index contributed by atoms with van der Waals surface area (Å²) in [6.07, 6.45) is 12.2. The summed E-state index contributed by atoms with van der Waals surface area (Å²) < 4.78 is 0. The second kappa shape index (κ2) is 5.48. The van der Waals surface area contributed by atoms with Crippen molar-refractivity contribution in [2.75, 3.05) is 0 Å². The Balaban J connectivity index is 1.55. The monoisotopic (exact) mass is 305 g/mol. The van der Waals surface area contributed by atoms with Gasteiger partial charge in [-0.1, -0.05) is 6.92 Å². The van der Waals surface area contributed by atoms with Crippen molar-refractivity contribution in [1.29, 1.82) is 0 Å². The van der Waals surface area contributed by atoms with Crippen LogP contribution in [0.4, 0.5) is 0 Å². The summed E-state index contributed by atoms with van der Waals surface area (Å²) in [6.45, 7) is 4.55. The van der Waals surface area contributed by atoms with Crippen LogP contribution in [0.15, 0.2) is 0 Å². The van der Waals surface area contributed by atoms with Gasteiger partial charge < -0.3 is 10.8 Å². The van der Waals surface area contributed by atoms with Gasteiger partial charge in [0, 0.05) is 6.04 Å². The van der Waals surface area contributed by atoms with Gasteiger partial charge in [0.15, 0.2) is 0 Å². The highest BCUT2D eigenvalue weighted by molar-refractivity contribution is 5.06. The molecule has 0 aromatic carbocycles. The SMILES string of the molecule is C[C@H](O)[C@H]1CC[C@H]2[C@@H]3CC[C@H]4C[C@@H](N)CC[C@@H]4[C@H]3CC[C@]12C. The number of aliphatic hydroxyl groups is 1. The van der Waals surface area contributed by atoms with E-state index >= 15 is 0 Å². The molecule has 0 unspecified atom stereocenters. The Bertz CT molecular complexity index is 422. The minimum absolute atomic E-state index is 0.115. The van der Waals surface area contributed by atoms with Crippen LogP contribution in [0.5, 0.6) is 0 Å². The highest BCUT2D eigenvalue weighted by Gasteiger charge is 2.57. The molecule has 3 N–H and O–H groups in total. The number of hydrogen-bond donors (Lipinski definition) is 2. The minimum Gasteiger partial charge on any atom is -0.393 e. The Morgan fingerprint density at radius 1 is 0.955 bits per heavy atom. The molecule has 0 aliphatic heterocycles. The van der Waals surface area contributed by atoms with Gasteiger partial charge in [-0.25, -0.2) is 0 Å². The van der Waals surface area contributed by atoms with Crippen LogP contribution in [-0.4, -0.2) is 17.3 Å². The maximum absolute atomic E-state index is 10.3.